The first kappa shape index (κ1) is 24.0. The summed E-state index contributed by atoms with van der Waals surface area (Å²) in [5, 5.41) is 21.0. The number of hydrogen-bond donors (Lipinski definition) is 4. The van der Waals surface area contributed by atoms with Crippen molar-refractivity contribution >= 4 is 29.4 Å². The van der Waals surface area contributed by atoms with Gasteiger partial charge in [0.1, 0.15) is 0 Å². The summed E-state index contributed by atoms with van der Waals surface area (Å²) in [4.78, 5) is 27.8. The van der Waals surface area contributed by atoms with Crippen molar-refractivity contribution in [3.8, 4) is 0 Å². The molecule has 4 rings (SSSR count). The SMILES string of the molecule is CN1CCc2ccc(NC(=O)c3cccc(CNC(=O)c4cccc(C(=N)CC=N)c4)c3)cc2C1. The molecule has 7 heteroatoms. The first-order valence-electron chi connectivity index (χ1n) is 11.6. The fourth-order valence-electron chi connectivity index (χ4n) is 4.15. The van der Waals surface area contributed by atoms with E-state index in [1.165, 1.54) is 17.3 Å². The maximum atomic E-state index is 12.9. The van der Waals surface area contributed by atoms with Crippen molar-refractivity contribution in [1.82, 2.24) is 10.2 Å². The lowest BCUT2D eigenvalue weighted by Crippen LogP contribution is -2.26. The minimum Gasteiger partial charge on any atom is -0.348 e. The predicted octanol–water partition coefficient (Wildman–Crippen LogP) is 4.26. The molecule has 0 atom stereocenters. The van der Waals surface area contributed by atoms with Crippen LogP contribution in [0, 0.1) is 10.8 Å². The second-order valence-electron chi connectivity index (χ2n) is 8.78. The van der Waals surface area contributed by atoms with Gasteiger partial charge >= 0.3 is 0 Å². The number of fused-ring (bicyclic) bond motifs is 1. The molecule has 1 aliphatic rings. The molecular formula is C28H29N5O2. The van der Waals surface area contributed by atoms with Gasteiger partial charge in [-0.2, -0.15) is 0 Å². The van der Waals surface area contributed by atoms with Crippen LogP contribution in [0.4, 0.5) is 5.69 Å². The van der Waals surface area contributed by atoms with E-state index >= 15 is 0 Å². The van der Waals surface area contributed by atoms with Crippen LogP contribution in [0.2, 0.25) is 0 Å². The van der Waals surface area contributed by atoms with Crippen LogP contribution in [-0.2, 0) is 19.5 Å². The van der Waals surface area contributed by atoms with Gasteiger partial charge < -0.3 is 26.4 Å². The molecule has 0 unspecified atom stereocenters. The van der Waals surface area contributed by atoms with E-state index in [0.717, 1.165) is 30.8 Å². The van der Waals surface area contributed by atoms with Crippen molar-refractivity contribution in [2.75, 3.05) is 18.9 Å². The third kappa shape index (κ3) is 6.07. The molecule has 0 bridgehead atoms. The van der Waals surface area contributed by atoms with Crippen LogP contribution in [0.15, 0.2) is 66.7 Å². The highest BCUT2D eigenvalue weighted by atomic mass is 16.2. The Morgan fingerprint density at radius 3 is 2.49 bits per heavy atom. The number of hydrogen-bond acceptors (Lipinski definition) is 5. The number of rotatable bonds is 8. The van der Waals surface area contributed by atoms with Gasteiger partial charge in [0.25, 0.3) is 11.8 Å². The summed E-state index contributed by atoms with van der Waals surface area (Å²) in [7, 11) is 2.10. The molecule has 3 aromatic carbocycles. The topological polar surface area (TPSA) is 109 Å². The average Bonchev–Trinajstić information content (AvgIpc) is 2.87. The number of likely N-dealkylation sites (N-methyl/N-ethyl adjacent to an activating group) is 1. The summed E-state index contributed by atoms with van der Waals surface area (Å²) in [6, 6.07) is 20.1. The molecular weight excluding hydrogens is 438 g/mol. The van der Waals surface area contributed by atoms with Gasteiger partial charge in [-0.3, -0.25) is 9.59 Å². The Balaban J connectivity index is 1.38. The second-order valence-corrected chi connectivity index (χ2v) is 8.78. The maximum absolute atomic E-state index is 12.9. The van der Waals surface area contributed by atoms with Crippen LogP contribution < -0.4 is 10.6 Å². The van der Waals surface area contributed by atoms with Gasteiger partial charge in [0.2, 0.25) is 0 Å². The van der Waals surface area contributed by atoms with Gasteiger partial charge in [-0.15, -0.1) is 0 Å². The molecule has 2 amide bonds. The molecule has 0 spiro atoms. The number of anilines is 1. The number of nitrogens with one attached hydrogen (secondary N) is 4. The summed E-state index contributed by atoms with van der Waals surface area (Å²) >= 11 is 0. The molecule has 3 aromatic rings. The molecule has 4 N–H and O–H groups in total. The van der Waals surface area contributed by atoms with E-state index in [1.54, 1.807) is 42.5 Å². The summed E-state index contributed by atoms with van der Waals surface area (Å²) in [5.74, 6) is -0.455. The Morgan fingerprint density at radius 2 is 1.69 bits per heavy atom. The van der Waals surface area contributed by atoms with E-state index in [0.29, 0.717) is 22.4 Å². The maximum Gasteiger partial charge on any atom is 0.255 e. The second kappa shape index (κ2) is 10.9. The highest BCUT2D eigenvalue weighted by Gasteiger charge is 2.15. The Morgan fingerprint density at radius 1 is 0.943 bits per heavy atom. The van der Waals surface area contributed by atoms with E-state index in [9.17, 15) is 9.59 Å². The monoisotopic (exact) mass is 467 g/mol. The Labute approximate surface area is 205 Å². The van der Waals surface area contributed by atoms with Crippen molar-refractivity contribution < 1.29 is 9.59 Å². The van der Waals surface area contributed by atoms with Crippen LogP contribution in [0.3, 0.4) is 0 Å². The van der Waals surface area contributed by atoms with E-state index in [-0.39, 0.29) is 24.8 Å². The van der Waals surface area contributed by atoms with Crippen LogP contribution in [-0.4, -0.2) is 42.2 Å². The molecule has 0 radical (unpaired) electrons. The van der Waals surface area contributed by atoms with Crippen LogP contribution in [0.5, 0.6) is 0 Å². The summed E-state index contributed by atoms with van der Waals surface area (Å²) < 4.78 is 0. The van der Waals surface area contributed by atoms with Gasteiger partial charge in [-0.25, -0.2) is 0 Å². The molecule has 35 heavy (non-hydrogen) atoms. The number of amides is 2. The normalized spacial score (nSPS) is 12.9. The van der Waals surface area contributed by atoms with E-state index in [1.807, 2.05) is 18.2 Å². The largest absolute Gasteiger partial charge is 0.348 e. The summed E-state index contributed by atoms with van der Waals surface area (Å²) in [5.41, 5.74) is 6.04. The van der Waals surface area contributed by atoms with Gasteiger partial charge in [-0.1, -0.05) is 30.3 Å². The van der Waals surface area contributed by atoms with Crippen molar-refractivity contribution in [3.05, 3.63) is 100 Å². The fourth-order valence-corrected chi connectivity index (χ4v) is 4.15. The predicted molar refractivity (Wildman–Crippen MR) is 139 cm³/mol. The molecule has 178 valence electrons. The van der Waals surface area contributed by atoms with Crippen LogP contribution >= 0.6 is 0 Å². The third-order valence-electron chi connectivity index (χ3n) is 6.09. The molecule has 0 aromatic heterocycles. The zero-order valence-electron chi connectivity index (χ0n) is 19.7. The summed E-state index contributed by atoms with van der Waals surface area (Å²) in [6.07, 6.45) is 2.41. The van der Waals surface area contributed by atoms with Gasteiger partial charge in [0.15, 0.2) is 0 Å². The molecule has 0 aliphatic carbocycles. The highest BCUT2D eigenvalue weighted by molar-refractivity contribution is 6.06. The van der Waals surface area contributed by atoms with Crippen molar-refractivity contribution in [2.24, 2.45) is 0 Å². The number of benzene rings is 3. The Bertz CT molecular complexity index is 1280. The Kier molecular flexibility index (Phi) is 7.48. The molecule has 0 saturated heterocycles. The first-order chi connectivity index (χ1) is 16.9. The lowest BCUT2D eigenvalue weighted by molar-refractivity contribution is 0.0950. The first-order valence-corrected chi connectivity index (χ1v) is 11.6. The highest BCUT2D eigenvalue weighted by Crippen LogP contribution is 2.22. The van der Waals surface area contributed by atoms with E-state index in [4.69, 9.17) is 10.8 Å². The van der Waals surface area contributed by atoms with E-state index in [2.05, 4.69) is 28.6 Å². The zero-order chi connectivity index (χ0) is 24.8. The molecule has 1 aliphatic heterocycles. The van der Waals surface area contributed by atoms with Crippen LogP contribution in [0.25, 0.3) is 0 Å². The molecule has 1 heterocycles. The fraction of sp³-hybridized carbons (Fsp3) is 0.214. The minimum absolute atomic E-state index is 0.195. The van der Waals surface area contributed by atoms with Crippen molar-refractivity contribution in [3.63, 3.8) is 0 Å². The quantitative estimate of drug-likeness (QED) is 0.372. The molecule has 0 saturated carbocycles. The smallest absolute Gasteiger partial charge is 0.255 e. The Hall–Kier alpha value is -4.10. The van der Waals surface area contributed by atoms with Crippen molar-refractivity contribution in [1.29, 1.82) is 10.8 Å². The third-order valence-corrected chi connectivity index (χ3v) is 6.09. The number of carbonyl (C=O) groups excluding carboxylic acids is 2. The lowest BCUT2D eigenvalue weighted by atomic mass is 9.99. The average molecular weight is 468 g/mol. The standard InChI is InChI=1S/C28H29N5O2/c1-33-13-11-20-8-9-25(16-24(20)18-33)32-28(35)22-6-2-4-19(14-22)17-31-27(34)23-7-3-5-21(15-23)26(30)10-12-29/h2-9,12,14-16,29-30H,10-11,13,17-18H2,1H3,(H,31,34)(H,32,35). The molecule has 7 nitrogen and oxygen atoms in total. The van der Waals surface area contributed by atoms with Gasteiger partial charge in [0.05, 0.1) is 0 Å². The lowest BCUT2D eigenvalue weighted by Gasteiger charge is -2.25. The van der Waals surface area contributed by atoms with E-state index < -0.39 is 0 Å². The van der Waals surface area contributed by atoms with Gasteiger partial charge in [0, 0.05) is 54.8 Å². The zero-order valence-corrected chi connectivity index (χ0v) is 19.7. The van der Waals surface area contributed by atoms with Crippen LogP contribution in [0.1, 0.15) is 49.4 Å². The number of nitrogens with zero attached hydrogens (tertiary/aromatic N) is 1. The van der Waals surface area contributed by atoms with Crippen molar-refractivity contribution in [2.45, 2.75) is 25.9 Å². The number of carbonyl (C=O) groups is 2. The summed E-state index contributed by atoms with van der Waals surface area (Å²) in [6.45, 7) is 2.19. The molecule has 0 fully saturated rings. The minimum atomic E-state index is -0.261. The van der Waals surface area contributed by atoms with Gasteiger partial charge in [-0.05, 0) is 72.1 Å².